The van der Waals surface area contributed by atoms with E-state index in [4.69, 9.17) is 17.5 Å². The van der Waals surface area contributed by atoms with Gasteiger partial charge in [-0.2, -0.15) is 10.4 Å². The smallest absolute Gasteiger partial charge is 0.134 e. The van der Waals surface area contributed by atoms with E-state index in [0.29, 0.717) is 13.0 Å². The van der Waals surface area contributed by atoms with Crippen LogP contribution in [0, 0.1) is 18.3 Å². The monoisotopic (exact) mass is 316 g/mol. The summed E-state index contributed by atoms with van der Waals surface area (Å²) in [6.45, 7) is 2.69. The van der Waals surface area contributed by atoms with Gasteiger partial charge in [0.2, 0.25) is 0 Å². The third-order valence-corrected chi connectivity index (χ3v) is 4.30. The molecular formula is C15H16N4S2. The summed E-state index contributed by atoms with van der Waals surface area (Å²) in [5.41, 5.74) is 3.26. The van der Waals surface area contributed by atoms with Crippen molar-refractivity contribution < 1.29 is 0 Å². The molecule has 0 saturated carbocycles. The van der Waals surface area contributed by atoms with E-state index in [1.807, 2.05) is 48.1 Å². The maximum atomic E-state index is 8.50. The zero-order valence-electron chi connectivity index (χ0n) is 11.7. The quantitative estimate of drug-likeness (QED) is 0.678. The SMILES string of the molecule is Cc1c(CNC(=S)SCCC#N)cnn1-c1ccccc1. The van der Waals surface area contributed by atoms with Gasteiger partial charge in [0.1, 0.15) is 4.32 Å². The summed E-state index contributed by atoms with van der Waals surface area (Å²) in [5, 5.41) is 16.1. The molecule has 4 nitrogen and oxygen atoms in total. The molecule has 2 rings (SSSR count). The van der Waals surface area contributed by atoms with E-state index in [2.05, 4.69) is 16.5 Å². The molecule has 1 aromatic heterocycles. The number of benzene rings is 1. The summed E-state index contributed by atoms with van der Waals surface area (Å²) in [6, 6.07) is 12.1. The van der Waals surface area contributed by atoms with Crippen molar-refractivity contribution in [2.24, 2.45) is 0 Å². The van der Waals surface area contributed by atoms with Crippen molar-refractivity contribution in [2.45, 2.75) is 19.9 Å². The van der Waals surface area contributed by atoms with Crippen LogP contribution in [0.25, 0.3) is 5.69 Å². The molecule has 2 aromatic rings. The molecule has 0 atom stereocenters. The van der Waals surface area contributed by atoms with E-state index in [1.165, 1.54) is 11.8 Å². The Kier molecular flexibility index (Phi) is 5.78. The van der Waals surface area contributed by atoms with Gasteiger partial charge in [-0.15, -0.1) is 0 Å². The zero-order chi connectivity index (χ0) is 15.1. The number of aromatic nitrogens is 2. The second-order valence-corrected chi connectivity index (χ2v) is 6.17. The van der Waals surface area contributed by atoms with Crippen LogP contribution in [0.15, 0.2) is 36.5 Å². The third-order valence-electron chi connectivity index (χ3n) is 2.98. The van der Waals surface area contributed by atoms with Gasteiger partial charge in [0.05, 0.1) is 18.0 Å². The van der Waals surface area contributed by atoms with E-state index < -0.39 is 0 Å². The molecule has 0 aliphatic rings. The minimum absolute atomic E-state index is 0.511. The van der Waals surface area contributed by atoms with E-state index >= 15 is 0 Å². The van der Waals surface area contributed by atoms with Crippen LogP contribution in [0.4, 0.5) is 0 Å². The van der Waals surface area contributed by atoms with Crippen molar-refractivity contribution in [3.05, 3.63) is 47.8 Å². The predicted octanol–water partition coefficient (Wildman–Crippen LogP) is 3.20. The fourth-order valence-electron chi connectivity index (χ4n) is 1.85. The minimum atomic E-state index is 0.511. The number of nitrogens with one attached hydrogen (secondary N) is 1. The molecule has 1 heterocycles. The second kappa shape index (κ2) is 7.81. The number of para-hydroxylation sites is 1. The maximum Gasteiger partial charge on any atom is 0.134 e. The molecule has 0 aliphatic carbocycles. The van der Waals surface area contributed by atoms with Crippen LogP contribution in [-0.2, 0) is 6.54 Å². The van der Waals surface area contributed by atoms with E-state index in [-0.39, 0.29) is 0 Å². The molecule has 0 saturated heterocycles. The zero-order valence-corrected chi connectivity index (χ0v) is 13.4. The first-order valence-electron chi connectivity index (χ1n) is 6.59. The Hall–Kier alpha value is -1.84. The van der Waals surface area contributed by atoms with Crippen molar-refractivity contribution in [3.63, 3.8) is 0 Å². The van der Waals surface area contributed by atoms with Gasteiger partial charge in [-0.1, -0.05) is 42.2 Å². The van der Waals surface area contributed by atoms with Crippen LogP contribution >= 0.6 is 24.0 Å². The Morgan fingerprint density at radius 3 is 2.90 bits per heavy atom. The molecule has 0 radical (unpaired) electrons. The fraction of sp³-hybridized carbons (Fsp3) is 0.267. The van der Waals surface area contributed by atoms with Gasteiger partial charge in [0.15, 0.2) is 0 Å². The first-order valence-corrected chi connectivity index (χ1v) is 7.98. The standard InChI is InChI=1S/C15H16N4S2/c1-12-13(10-17-15(20)21-9-5-8-16)11-18-19(12)14-6-3-2-4-7-14/h2-4,6-7,11H,5,9-10H2,1H3,(H,17,20). The normalized spacial score (nSPS) is 10.1. The van der Waals surface area contributed by atoms with Gasteiger partial charge in [0, 0.05) is 30.0 Å². The van der Waals surface area contributed by atoms with Gasteiger partial charge in [0.25, 0.3) is 0 Å². The molecule has 6 heteroatoms. The van der Waals surface area contributed by atoms with E-state index in [0.717, 1.165) is 27.0 Å². The highest BCUT2D eigenvalue weighted by Gasteiger charge is 2.08. The topological polar surface area (TPSA) is 53.6 Å². The van der Waals surface area contributed by atoms with Crippen molar-refractivity contribution in [3.8, 4) is 11.8 Å². The second-order valence-electron chi connectivity index (χ2n) is 4.40. The molecule has 0 bridgehead atoms. The molecule has 0 unspecified atom stereocenters. The molecule has 1 aromatic carbocycles. The number of nitrogens with zero attached hydrogens (tertiary/aromatic N) is 3. The highest BCUT2D eigenvalue weighted by molar-refractivity contribution is 8.22. The average Bonchev–Trinajstić information content (AvgIpc) is 2.87. The molecule has 1 N–H and O–H groups in total. The Balaban J connectivity index is 1.95. The van der Waals surface area contributed by atoms with E-state index in [1.54, 1.807) is 0 Å². The lowest BCUT2D eigenvalue weighted by molar-refractivity contribution is 0.839. The van der Waals surface area contributed by atoms with Crippen molar-refractivity contribution in [2.75, 3.05) is 5.75 Å². The molecule has 0 fully saturated rings. The fourth-order valence-corrected chi connectivity index (χ4v) is 2.73. The predicted molar refractivity (Wildman–Crippen MR) is 90.4 cm³/mol. The summed E-state index contributed by atoms with van der Waals surface area (Å²) in [6.07, 6.45) is 2.37. The Morgan fingerprint density at radius 2 is 2.19 bits per heavy atom. The van der Waals surface area contributed by atoms with Crippen LogP contribution in [0.2, 0.25) is 0 Å². The molecule has 21 heavy (non-hydrogen) atoms. The van der Waals surface area contributed by atoms with Crippen LogP contribution in [0.5, 0.6) is 0 Å². The summed E-state index contributed by atoms with van der Waals surface area (Å²) >= 11 is 6.73. The molecular weight excluding hydrogens is 300 g/mol. The number of thiocarbonyl (C=S) groups is 1. The number of hydrogen-bond donors (Lipinski definition) is 1. The molecule has 0 amide bonds. The summed E-state index contributed by atoms with van der Waals surface area (Å²) < 4.78 is 2.64. The Morgan fingerprint density at radius 1 is 1.43 bits per heavy atom. The first-order chi connectivity index (χ1) is 10.2. The third kappa shape index (κ3) is 4.31. The van der Waals surface area contributed by atoms with Crippen LogP contribution in [0.1, 0.15) is 17.7 Å². The first kappa shape index (κ1) is 15.5. The molecule has 0 spiro atoms. The largest absolute Gasteiger partial charge is 0.367 e. The van der Waals surface area contributed by atoms with Crippen molar-refractivity contribution in [1.82, 2.24) is 15.1 Å². The number of thioether (sulfide) groups is 1. The Bertz CT molecular complexity index is 643. The van der Waals surface area contributed by atoms with Crippen LogP contribution in [0.3, 0.4) is 0 Å². The number of nitriles is 1. The van der Waals surface area contributed by atoms with Crippen molar-refractivity contribution in [1.29, 1.82) is 5.26 Å². The average molecular weight is 316 g/mol. The van der Waals surface area contributed by atoms with Gasteiger partial charge >= 0.3 is 0 Å². The number of rotatable bonds is 5. The minimum Gasteiger partial charge on any atom is -0.367 e. The van der Waals surface area contributed by atoms with Gasteiger partial charge < -0.3 is 5.32 Å². The summed E-state index contributed by atoms with van der Waals surface area (Å²) in [5.74, 6) is 0.727. The van der Waals surface area contributed by atoms with Gasteiger partial charge in [-0.25, -0.2) is 4.68 Å². The lowest BCUT2D eigenvalue weighted by Gasteiger charge is -2.07. The highest BCUT2D eigenvalue weighted by atomic mass is 32.2. The van der Waals surface area contributed by atoms with Gasteiger partial charge in [-0.05, 0) is 19.1 Å². The number of hydrogen-bond acceptors (Lipinski definition) is 4. The highest BCUT2D eigenvalue weighted by Crippen LogP contribution is 2.14. The summed E-state index contributed by atoms with van der Waals surface area (Å²) in [7, 11) is 0. The molecule has 108 valence electrons. The van der Waals surface area contributed by atoms with Crippen LogP contribution in [-0.4, -0.2) is 19.9 Å². The lowest BCUT2D eigenvalue weighted by atomic mass is 10.2. The maximum absolute atomic E-state index is 8.50. The van der Waals surface area contributed by atoms with Crippen LogP contribution < -0.4 is 5.32 Å². The van der Waals surface area contributed by atoms with Crippen molar-refractivity contribution >= 4 is 28.3 Å². The molecule has 0 aliphatic heterocycles. The lowest BCUT2D eigenvalue weighted by Crippen LogP contribution is -2.18. The van der Waals surface area contributed by atoms with Gasteiger partial charge in [-0.3, -0.25) is 0 Å². The van der Waals surface area contributed by atoms with E-state index in [9.17, 15) is 0 Å². The Labute approximate surface area is 134 Å². The summed E-state index contributed by atoms with van der Waals surface area (Å²) in [4.78, 5) is 0.